The Kier molecular flexibility index (Phi) is 7.42. The maximum absolute atomic E-state index is 15.2. The highest BCUT2D eigenvalue weighted by Gasteiger charge is 2.60. The lowest BCUT2D eigenvalue weighted by Crippen LogP contribution is -2.61. The molecule has 4 rings (SSSR count). The summed E-state index contributed by atoms with van der Waals surface area (Å²) in [5.74, 6) is 0. The topological polar surface area (TPSA) is 53.6 Å². The molecule has 40 heavy (non-hydrogen) atoms. The molecule has 2 heterocycles. The number of amides is 2. The lowest BCUT2D eigenvalue weighted by molar-refractivity contribution is -0.269. The van der Waals surface area contributed by atoms with Crippen LogP contribution in [-0.4, -0.2) is 42.9 Å². The van der Waals surface area contributed by atoms with Gasteiger partial charge in [-0.2, -0.15) is 39.5 Å². The third-order valence-electron chi connectivity index (χ3n) is 6.18. The van der Waals surface area contributed by atoms with E-state index in [0.29, 0.717) is 12.1 Å². The fraction of sp³-hybridized carbons (Fsp3) is 0.348. The van der Waals surface area contributed by atoms with Gasteiger partial charge in [-0.3, -0.25) is 10.3 Å². The Morgan fingerprint density at radius 3 is 2.10 bits per heavy atom. The van der Waals surface area contributed by atoms with Gasteiger partial charge in [0.15, 0.2) is 5.67 Å². The fourth-order valence-corrected chi connectivity index (χ4v) is 4.55. The average Bonchev–Trinajstić information content (AvgIpc) is 3.28. The largest absolute Gasteiger partial charge is 0.428 e. The van der Waals surface area contributed by atoms with Crippen LogP contribution in [0.15, 0.2) is 42.5 Å². The van der Waals surface area contributed by atoms with Crippen LogP contribution in [0.1, 0.15) is 22.3 Å². The van der Waals surface area contributed by atoms with Gasteiger partial charge in [-0.25, -0.2) is 9.18 Å². The standard InChI is InChI=1S/C23H15Cl2F10N3O2/c24-15-6-13(5-14(17(15)25)22(30,31)32)20(23(33,34)35)7-16(37-40-20)11-1-3-12(4-2-11)19(26)9-38(10-19)18(39)36-8-21(27,28)29/h1-7,37H,8-10H2,(H,36,39). The molecule has 2 aromatic rings. The lowest BCUT2D eigenvalue weighted by Gasteiger charge is -2.44. The first-order chi connectivity index (χ1) is 18.3. The number of hydrogen-bond donors (Lipinski definition) is 2. The molecule has 218 valence electrons. The van der Waals surface area contributed by atoms with E-state index in [1.807, 2.05) is 5.48 Å². The van der Waals surface area contributed by atoms with Crippen molar-refractivity contribution in [2.24, 2.45) is 0 Å². The molecule has 2 aromatic carbocycles. The second-order valence-corrected chi connectivity index (χ2v) is 9.77. The van der Waals surface area contributed by atoms with E-state index in [1.54, 1.807) is 5.32 Å². The number of benzene rings is 2. The van der Waals surface area contributed by atoms with Crippen molar-refractivity contribution < 1.29 is 53.5 Å². The van der Waals surface area contributed by atoms with Gasteiger partial charge >= 0.3 is 24.6 Å². The number of carbonyl (C=O) groups excluding carboxylic acids is 1. The maximum atomic E-state index is 15.2. The quantitative estimate of drug-likeness (QED) is 0.357. The molecule has 2 aliphatic heterocycles. The van der Waals surface area contributed by atoms with Crippen LogP contribution in [0.3, 0.4) is 0 Å². The van der Waals surface area contributed by atoms with Gasteiger partial charge in [-0.1, -0.05) is 47.5 Å². The van der Waals surface area contributed by atoms with Crippen molar-refractivity contribution in [1.29, 1.82) is 0 Å². The van der Waals surface area contributed by atoms with Gasteiger partial charge < -0.3 is 10.2 Å². The van der Waals surface area contributed by atoms with Gasteiger partial charge in [0.05, 0.1) is 34.4 Å². The van der Waals surface area contributed by atoms with E-state index in [9.17, 15) is 44.3 Å². The van der Waals surface area contributed by atoms with E-state index in [4.69, 9.17) is 28.0 Å². The van der Waals surface area contributed by atoms with E-state index >= 15 is 4.39 Å². The molecule has 17 heteroatoms. The smallest absolute Gasteiger partial charge is 0.329 e. The molecule has 2 amide bonds. The Balaban J connectivity index is 1.58. The molecule has 1 atom stereocenters. The number of likely N-dealkylation sites (tertiary alicyclic amines) is 1. The van der Waals surface area contributed by atoms with E-state index in [2.05, 4.69) is 0 Å². The molecular formula is C23H15Cl2F10N3O2. The summed E-state index contributed by atoms with van der Waals surface area (Å²) < 4.78 is 135. The highest BCUT2D eigenvalue weighted by Crippen LogP contribution is 2.50. The summed E-state index contributed by atoms with van der Waals surface area (Å²) in [7, 11) is 0. The molecule has 5 nitrogen and oxygen atoms in total. The number of nitrogens with one attached hydrogen (secondary N) is 2. The van der Waals surface area contributed by atoms with Crippen molar-refractivity contribution in [3.63, 3.8) is 0 Å². The summed E-state index contributed by atoms with van der Waals surface area (Å²) in [6.07, 6.45) is -14.6. The van der Waals surface area contributed by atoms with Crippen LogP contribution in [-0.2, 0) is 22.3 Å². The van der Waals surface area contributed by atoms with Crippen molar-refractivity contribution in [2.45, 2.75) is 29.8 Å². The summed E-state index contributed by atoms with van der Waals surface area (Å²) in [5, 5.41) is -0.177. The van der Waals surface area contributed by atoms with Crippen molar-refractivity contribution >= 4 is 34.9 Å². The number of nitrogens with zero attached hydrogens (tertiary/aromatic N) is 1. The van der Waals surface area contributed by atoms with Gasteiger partial charge in [0.2, 0.25) is 5.60 Å². The number of hydroxylamine groups is 1. The summed E-state index contributed by atoms with van der Waals surface area (Å²) in [6, 6.07) is 4.37. The first-order valence-corrected chi connectivity index (χ1v) is 11.7. The molecule has 2 aliphatic rings. The minimum absolute atomic E-state index is 0.0166. The lowest BCUT2D eigenvalue weighted by atomic mass is 9.87. The maximum Gasteiger partial charge on any atom is 0.428 e. The van der Waals surface area contributed by atoms with Gasteiger partial charge in [0.25, 0.3) is 0 Å². The second-order valence-electron chi connectivity index (χ2n) is 8.99. The molecule has 0 aliphatic carbocycles. The third-order valence-corrected chi connectivity index (χ3v) is 6.98. The third kappa shape index (κ3) is 5.63. The zero-order chi connectivity index (χ0) is 29.9. The predicted molar refractivity (Wildman–Crippen MR) is 122 cm³/mol. The van der Waals surface area contributed by atoms with Crippen LogP contribution >= 0.6 is 23.2 Å². The molecule has 0 spiro atoms. The molecule has 2 N–H and O–H groups in total. The number of halogens is 12. The Labute approximate surface area is 228 Å². The Bertz CT molecular complexity index is 1340. The van der Waals surface area contributed by atoms with E-state index < -0.39 is 76.6 Å². The summed E-state index contributed by atoms with van der Waals surface area (Å²) >= 11 is 11.3. The zero-order valence-corrected chi connectivity index (χ0v) is 21.0. The fourth-order valence-electron chi connectivity index (χ4n) is 4.12. The van der Waals surface area contributed by atoms with Crippen molar-refractivity contribution in [2.75, 3.05) is 19.6 Å². The van der Waals surface area contributed by atoms with Crippen LogP contribution in [0, 0.1) is 0 Å². The number of hydrogen-bond acceptors (Lipinski definition) is 3. The molecule has 0 bridgehead atoms. The molecule has 1 unspecified atom stereocenters. The molecule has 0 aromatic heterocycles. The van der Waals surface area contributed by atoms with Crippen molar-refractivity contribution in [3.8, 4) is 0 Å². The average molecular weight is 626 g/mol. The highest BCUT2D eigenvalue weighted by atomic mass is 35.5. The number of carbonyl (C=O) groups is 1. The molecule has 1 saturated heterocycles. The second kappa shape index (κ2) is 9.87. The number of urea groups is 1. The minimum Gasteiger partial charge on any atom is -0.329 e. The Morgan fingerprint density at radius 1 is 0.975 bits per heavy atom. The molecule has 1 fully saturated rings. The monoisotopic (exact) mass is 625 g/mol. The molecule has 0 saturated carbocycles. The normalized spacial score (nSPS) is 21.0. The highest BCUT2D eigenvalue weighted by molar-refractivity contribution is 6.42. The van der Waals surface area contributed by atoms with Crippen molar-refractivity contribution in [3.05, 3.63) is 74.8 Å². The van der Waals surface area contributed by atoms with Crippen molar-refractivity contribution in [1.82, 2.24) is 15.7 Å². The number of alkyl halides is 10. The minimum atomic E-state index is -5.28. The molecular weight excluding hydrogens is 611 g/mol. The summed E-state index contributed by atoms with van der Waals surface area (Å²) in [4.78, 5) is 17.3. The zero-order valence-electron chi connectivity index (χ0n) is 19.5. The van der Waals surface area contributed by atoms with Gasteiger partial charge in [0, 0.05) is 5.56 Å². The first-order valence-electron chi connectivity index (χ1n) is 11.0. The first kappa shape index (κ1) is 30.1. The van der Waals surface area contributed by atoms with Crippen LogP contribution < -0.4 is 10.8 Å². The Morgan fingerprint density at radius 2 is 1.57 bits per heavy atom. The summed E-state index contributed by atoms with van der Waals surface area (Å²) in [6.45, 7) is -2.74. The SMILES string of the molecule is O=C(NCC(F)(F)F)N1CC(F)(c2ccc(C3=CC(c4cc(Cl)c(Cl)c(C(F)(F)F)c4)(C(F)(F)F)ON3)cc2)C1. The van der Waals surface area contributed by atoms with Crippen LogP contribution in [0.5, 0.6) is 0 Å². The number of rotatable bonds is 4. The van der Waals surface area contributed by atoms with E-state index in [-0.39, 0.29) is 22.9 Å². The van der Waals surface area contributed by atoms with Crippen LogP contribution in [0.2, 0.25) is 10.0 Å². The van der Waals surface area contributed by atoms with Gasteiger partial charge in [-0.15, -0.1) is 0 Å². The summed E-state index contributed by atoms with van der Waals surface area (Å²) in [5.41, 5.74) is -6.44. The van der Waals surface area contributed by atoms with E-state index in [0.717, 1.165) is 4.90 Å². The van der Waals surface area contributed by atoms with Crippen LogP contribution in [0.25, 0.3) is 5.70 Å². The molecule has 0 radical (unpaired) electrons. The van der Waals surface area contributed by atoms with E-state index in [1.165, 1.54) is 24.3 Å². The Hall–Kier alpha value is -2.91. The van der Waals surface area contributed by atoms with Gasteiger partial charge in [0.1, 0.15) is 6.54 Å². The predicted octanol–water partition coefficient (Wildman–Crippen LogP) is 7.10. The van der Waals surface area contributed by atoms with Crippen LogP contribution in [0.4, 0.5) is 48.7 Å². The van der Waals surface area contributed by atoms with Gasteiger partial charge in [-0.05, 0) is 29.3 Å².